The Morgan fingerprint density at radius 2 is 2.05 bits per heavy atom. The van der Waals surface area contributed by atoms with Gasteiger partial charge in [0.1, 0.15) is 5.75 Å². The second-order valence-corrected chi connectivity index (χ2v) is 4.05. The van der Waals surface area contributed by atoms with Gasteiger partial charge in [-0.05, 0) is 12.5 Å². The molecular formula is C14H16F3NO. The monoisotopic (exact) mass is 271 g/mol. The van der Waals surface area contributed by atoms with Crippen molar-refractivity contribution in [3.8, 4) is 18.1 Å². The lowest BCUT2D eigenvalue weighted by Gasteiger charge is -2.17. The summed E-state index contributed by atoms with van der Waals surface area (Å²) in [6, 6.07) is 6.15. The smallest absolute Gasteiger partial charge is 0.405 e. The van der Waals surface area contributed by atoms with Crippen LogP contribution in [-0.2, 0) is 6.54 Å². The van der Waals surface area contributed by atoms with Gasteiger partial charge >= 0.3 is 6.36 Å². The van der Waals surface area contributed by atoms with E-state index in [0.717, 1.165) is 6.42 Å². The van der Waals surface area contributed by atoms with Gasteiger partial charge in [0.2, 0.25) is 0 Å². The molecule has 1 unspecified atom stereocenters. The molecule has 0 amide bonds. The minimum absolute atomic E-state index is 0.0870. The third-order valence-corrected chi connectivity index (χ3v) is 2.64. The number of hydrogen-bond acceptors (Lipinski definition) is 2. The largest absolute Gasteiger partial charge is 0.573 e. The van der Waals surface area contributed by atoms with E-state index in [2.05, 4.69) is 16.0 Å². The van der Waals surface area contributed by atoms with Gasteiger partial charge < -0.3 is 10.1 Å². The highest BCUT2D eigenvalue weighted by molar-refractivity contribution is 5.33. The SMILES string of the molecule is C#CCC(CC)NCc1ccccc1OC(F)(F)F. The third-order valence-electron chi connectivity index (χ3n) is 2.64. The first-order valence-corrected chi connectivity index (χ1v) is 5.96. The van der Waals surface area contributed by atoms with Gasteiger partial charge in [-0.15, -0.1) is 25.5 Å². The normalized spacial score (nSPS) is 12.8. The Hall–Kier alpha value is -1.67. The summed E-state index contributed by atoms with van der Waals surface area (Å²) < 4.78 is 40.7. The Morgan fingerprint density at radius 3 is 2.63 bits per heavy atom. The van der Waals surface area contributed by atoms with Crippen LogP contribution in [0.1, 0.15) is 25.3 Å². The molecule has 1 aromatic carbocycles. The van der Waals surface area contributed by atoms with Crippen LogP contribution in [0.4, 0.5) is 13.2 Å². The van der Waals surface area contributed by atoms with E-state index in [1.165, 1.54) is 12.1 Å². The molecular weight excluding hydrogens is 255 g/mol. The first kappa shape index (κ1) is 15.4. The van der Waals surface area contributed by atoms with Gasteiger partial charge in [0, 0.05) is 24.6 Å². The maximum atomic E-state index is 12.2. The summed E-state index contributed by atoms with van der Waals surface area (Å²) in [5.41, 5.74) is 0.454. The Balaban J connectivity index is 2.70. The molecule has 104 valence electrons. The molecule has 0 spiro atoms. The predicted molar refractivity (Wildman–Crippen MR) is 67.5 cm³/mol. The molecule has 0 fully saturated rings. The van der Waals surface area contributed by atoms with E-state index in [-0.39, 0.29) is 18.3 Å². The molecule has 0 aliphatic rings. The molecule has 0 heterocycles. The van der Waals surface area contributed by atoms with Crippen LogP contribution in [0.3, 0.4) is 0 Å². The molecule has 5 heteroatoms. The fourth-order valence-electron chi connectivity index (χ4n) is 1.63. The van der Waals surface area contributed by atoms with Crippen molar-refractivity contribution in [1.82, 2.24) is 5.32 Å². The summed E-state index contributed by atoms with van der Waals surface area (Å²) in [4.78, 5) is 0. The van der Waals surface area contributed by atoms with Gasteiger partial charge in [-0.25, -0.2) is 0 Å². The third kappa shape index (κ3) is 5.66. The highest BCUT2D eigenvalue weighted by atomic mass is 19.4. The summed E-state index contributed by atoms with van der Waals surface area (Å²) in [6.07, 6.45) is 1.89. The topological polar surface area (TPSA) is 21.3 Å². The number of ether oxygens (including phenoxy) is 1. The van der Waals surface area contributed by atoms with Gasteiger partial charge in [-0.2, -0.15) is 0 Å². The van der Waals surface area contributed by atoms with Crippen molar-refractivity contribution in [2.24, 2.45) is 0 Å². The zero-order valence-electron chi connectivity index (χ0n) is 10.6. The van der Waals surface area contributed by atoms with Crippen LogP contribution < -0.4 is 10.1 Å². The quantitative estimate of drug-likeness (QED) is 0.800. The van der Waals surface area contributed by atoms with Gasteiger partial charge in [0.25, 0.3) is 0 Å². The molecule has 1 aromatic rings. The maximum absolute atomic E-state index is 12.2. The molecule has 0 aromatic heterocycles. The Kier molecular flexibility index (Phi) is 5.71. The van der Waals surface area contributed by atoms with E-state index in [9.17, 15) is 13.2 Å². The van der Waals surface area contributed by atoms with Gasteiger partial charge in [-0.3, -0.25) is 0 Å². The molecule has 19 heavy (non-hydrogen) atoms. The first-order valence-electron chi connectivity index (χ1n) is 5.96. The van der Waals surface area contributed by atoms with Gasteiger partial charge in [-0.1, -0.05) is 25.1 Å². The van der Waals surface area contributed by atoms with Crippen LogP contribution in [0.15, 0.2) is 24.3 Å². The number of benzene rings is 1. The number of halogens is 3. The lowest BCUT2D eigenvalue weighted by atomic mass is 10.1. The van der Waals surface area contributed by atoms with E-state index < -0.39 is 6.36 Å². The van der Waals surface area contributed by atoms with Gasteiger partial charge in [0.05, 0.1) is 0 Å². The molecule has 1 N–H and O–H groups in total. The number of para-hydroxylation sites is 1. The average Bonchev–Trinajstić information content (AvgIpc) is 2.34. The van der Waals surface area contributed by atoms with Crippen LogP contribution in [-0.4, -0.2) is 12.4 Å². The highest BCUT2D eigenvalue weighted by Crippen LogP contribution is 2.26. The van der Waals surface area contributed by atoms with Crippen LogP contribution in [0.2, 0.25) is 0 Å². The number of hydrogen-bond donors (Lipinski definition) is 1. The lowest BCUT2D eigenvalue weighted by molar-refractivity contribution is -0.274. The van der Waals surface area contributed by atoms with Crippen LogP contribution in [0.25, 0.3) is 0 Å². The maximum Gasteiger partial charge on any atom is 0.573 e. The van der Waals surface area contributed by atoms with Crippen molar-refractivity contribution in [3.63, 3.8) is 0 Å². The van der Waals surface area contributed by atoms with Gasteiger partial charge in [0.15, 0.2) is 0 Å². The summed E-state index contributed by atoms with van der Waals surface area (Å²) >= 11 is 0. The zero-order valence-corrected chi connectivity index (χ0v) is 10.6. The number of alkyl halides is 3. The number of terminal acetylenes is 1. The second kappa shape index (κ2) is 7.05. The summed E-state index contributed by atoms with van der Waals surface area (Å²) in [7, 11) is 0. The summed E-state index contributed by atoms with van der Waals surface area (Å²) in [6.45, 7) is 2.25. The highest BCUT2D eigenvalue weighted by Gasteiger charge is 2.31. The van der Waals surface area contributed by atoms with E-state index in [1.807, 2.05) is 6.92 Å². The Bertz CT molecular complexity index is 437. The van der Waals surface area contributed by atoms with Crippen molar-refractivity contribution < 1.29 is 17.9 Å². The van der Waals surface area contributed by atoms with E-state index in [0.29, 0.717) is 12.0 Å². The van der Waals surface area contributed by atoms with Crippen LogP contribution in [0.5, 0.6) is 5.75 Å². The first-order chi connectivity index (χ1) is 8.96. The van der Waals surface area contributed by atoms with E-state index in [1.54, 1.807) is 12.1 Å². The van der Waals surface area contributed by atoms with E-state index in [4.69, 9.17) is 6.42 Å². The fourth-order valence-corrected chi connectivity index (χ4v) is 1.63. The molecule has 1 atom stereocenters. The standard InChI is InChI=1S/C14H16F3NO/c1-3-7-12(4-2)18-10-11-8-5-6-9-13(11)19-14(15,16)17/h1,5-6,8-9,12,18H,4,7,10H2,2H3. The van der Waals surface area contributed by atoms with Crippen LogP contribution >= 0.6 is 0 Å². The molecule has 2 nitrogen and oxygen atoms in total. The Morgan fingerprint density at radius 1 is 1.37 bits per heavy atom. The molecule has 1 rings (SSSR count). The molecule has 0 bridgehead atoms. The van der Waals surface area contributed by atoms with Crippen molar-refractivity contribution in [1.29, 1.82) is 0 Å². The lowest BCUT2D eigenvalue weighted by Crippen LogP contribution is -2.28. The summed E-state index contributed by atoms with van der Waals surface area (Å²) in [5.74, 6) is 2.35. The molecule has 0 saturated carbocycles. The Labute approximate surface area is 111 Å². The zero-order chi connectivity index (χ0) is 14.3. The second-order valence-electron chi connectivity index (χ2n) is 4.05. The minimum atomic E-state index is -4.68. The molecule has 0 saturated heterocycles. The van der Waals surface area contributed by atoms with Crippen molar-refractivity contribution in [2.45, 2.75) is 38.7 Å². The molecule has 0 radical (unpaired) electrons. The van der Waals surface area contributed by atoms with Crippen molar-refractivity contribution >= 4 is 0 Å². The minimum Gasteiger partial charge on any atom is -0.405 e. The average molecular weight is 271 g/mol. The fraction of sp³-hybridized carbons (Fsp3) is 0.429. The predicted octanol–water partition coefficient (Wildman–Crippen LogP) is 3.48. The molecule has 0 aliphatic carbocycles. The summed E-state index contributed by atoms with van der Waals surface area (Å²) in [5, 5.41) is 3.12. The van der Waals surface area contributed by atoms with E-state index >= 15 is 0 Å². The van der Waals surface area contributed by atoms with Crippen LogP contribution in [0, 0.1) is 12.3 Å². The van der Waals surface area contributed by atoms with Crippen molar-refractivity contribution in [2.75, 3.05) is 0 Å². The number of nitrogens with one attached hydrogen (secondary N) is 1. The van der Waals surface area contributed by atoms with Crippen molar-refractivity contribution in [3.05, 3.63) is 29.8 Å². The molecule has 0 aliphatic heterocycles. The number of rotatable bonds is 6.